The fraction of sp³-hybridized carbons (Fsp3) is 1.00. The molecule has 2 nitrogen and oxygen atoms in total. The van der Waals surface area contributed by atoms with E-state index in [2.05, 4.69) is 12.2 Å². The highest BCUT2D eigenvalue weighted by atomic mass is 16.3. The zero-order valence-corrected chi connectivity index (χ0v) is 8.55. The average Bonchev–Trinajstić information content (AvgIpc) is 2.80. The lowest BCUT2D eigenvalue weighted by Crippen LogP contribution is -2.43. The Bertz CT molecular complexity index is 175. The lowest BCUT2D eigenvalue weighted by Gasteiger charge is -2.32. The molecule has 2 aliphatic carbocycles. The summed E-state index contributed by atoms with van der Waals surface area (Å²) in [5, 5.41) is 13.6. The van der Waals surface area contributed by atoms with E-state index in [0.29, 0.717) is 6.04 Å². The molecule has 0 aromatic carbocycles. The van der Waals surface area contributed by atoms with Gasteiger partial charge in [-0.1, -0.05) is 26.2 Å². The van der Waals surface area contributed by atoms with Crippen LogP contribution in [0.1, 0.15) is 45.4 Å². The first-order valence-corrected chi connectivity index (χ1v) is 5.65. The van der Waals surface area contributed by atoms with Gasteiger partial charge in [-0.25, -0.2) is 0 Å². The Labute approximate surface area is 80.7 Å². The van der Waals surface area contributed by atoms with E-state index in [1.54, 1.807) is 0 Å². The quantitative estimate of drug-likeness (QED) is 0.697. The van der Waals surface area contributed by atoms with Gasteiger partial charge in [0, 0.05) is 12.6 Å². The highest BCUT2D eigenvalue weighted by molar-refractivity contribution is 4.93. The highest BCUT2D eigenvalue weighted by Gasteiger charge is 2.35. The Morgan fingerprint density at radius 3 is 2.46 bits per heavy atom. The minimum atomic E-state index is -0.374. The van der Waals surface area contributed by atoms with Crippen LogP contribution in [0.3, 0.4) is 0 Å². The second-order valence-corrected chi connectivity index (χ2v) is 4.99. The molecule has 0 unspecified atom stereocenters. The maximum absolute atomic E-state index is 10.2. The zero-order chi connectivity index (χ0) is 9.31. The van der Waals surface area contributed by atoms with Gasteiger partial charge in [-0.15, -0.1) is 0 Å². The Morgan fingerprint density at radius 1 is 1.31 bits per heavy atom. The van der Waals surface area contributed by atoms with Crippen molar-refractivity contribution in [3.05, 3.63) is 0 Å². The normalized spacial score (nSPS) is 37.4. The standard InChI is InChI=1S/C11H21NO/c1-9-7-10(9)12-8-11(13)5-3-2-4-6-11/h9-10,12-13H,2-8H2,1H3/t9-,10-/m1/s1. The summed E-state index contributed by atoms with van der Waals surface area (Å²) >= 11 is 0. The molecule has 13 heavy (non-hydrogen) atoms. The van der Waals surface area contributed by atoms with E-state index in [4.69, 9.17) is 0 Å². The van der Waals surface area contributed by atoms with E-state index >= 15 is 0 Å². The van der Waals surface area contributed by atoms with Gasteiger partial charge in [-0.3, -0.25) is 0 Å². The second kappa shape index (κ2) is 3.58. The molecule has 2 rings (SSSR count). The third kappa shape index (κ3) is 2.44. The minimum Gasteiger partial charge on any atom is -0.389 e. The van der Waals surface area contributed by atoms with Crippen molar-refractivity contribution in [2.75, 3.05) is 6.54 Å². The van der Waals surface area contributed by atoms with Crippen molar-refractivity contribution in [1.29, 1.82) is 0 Å². The van der Waals surface area contributed by atoms with Gasteiger partial charge in [0.05, 0.1) is 5.60 Å². The van der Waals surface area contributed by atoms with Crippen molar-refractivity contribution in [1.82, 2.24) is 5.32 Å². The Balaban J connectivity index is 1.72. The summed E-state index contributed by atoms with van der Waals surface area (Å²) in [5.74, 6) is 0.840. The summed E-state index contributed by atoms with van der Waals surface area (Å²) in [5.41, 5.74) is -0.374. The average molecular weight is 183 g/mol. The molecule has 2 atom stereocenters. The van der Waals surface area contributed by atoms with Gasteiger partial charge in [0.15, 0.2) is 0 Å². The van der Waals surface area contributed by atoms with E-state index in [-0.39, 0.29) is 5.60 Å². The molecule has 2 heteroatoms. The topological polar surface area (TPSA) is 32.3 Å². The first-order chi connectivity index (χ1) is 6.20. The van der Waals surface area contributed by atoms with E-state index in [1.807, 2.05) is 0 Å². The molecule has 0 bridgehead atoms. The Kier molecular flexibility index (Phi) is 2.61. The van der Waals surface area contributed by atoms with E-state index in [0.717, 1.165) is 25.3 Å². The molecular formula is C11H21NO. The van der Waals surface area contributed by atoms with Crippen LogP contribution in [-0.4, -0.2) is 23.3 Å². The molecule has 0 saturated heterocycles. The Hall–Kier alpha value is -0.0800. The first-order valence-electron chi connectivity index (χ1n) is 5.65. The number of aliphatic hydroxyl groups is 1. The molecule has 0 aromatic rings. The molecule has 2 fully saturated rings. The van der Waals surface area contributed by atoms with Crippen LogP contribution in [0.15, 0.2) is 0 Å². The Morgan fingerprint density at radius 2 is 1.92 bits per heavy atom. The van der Waals surface area contributed by atoms with Crippen molar-refractivity contribution in [2.45, 2.75) is 57.1 Å². The molecule has 0 spiro atoms. The summed E-state index contributed by atoms with van der Waals surface area (Å²) in [7, 11) is 0. The molecule has 0 aromatic heterocycles. The van der Waals surface area contributed by atoms with Crippen LogP contribution in [0.2, 0.25) is 0 Å². The maximum atomic E-state index is 10.2. The molecule has 2 aliphatic rings. The van der Waals surface area contributed by atoms with Crippen molar-refractivity contribution >= 4 is 0 Å². The fourth-order valence-electron chi connectivity index (χ4n) is 2.31. The second-order valence-electron chi connectivity index (χ2n) is 4.99. The molecule has 0 aliphatic heterocycles. The van der Waals surface area contributed by atoms with Gasteiger partial charge in [0.2, 0.25) is 0 Å². The van der Waals surface area contributed by atoms with Gasteiger partial charge < -0.3 is 10.4 Å². The summed E-state index contributed by atoms with van der Waals surface area (Å²) < 4.78 is 0. The molecule has 0 radical (unpaired) electrons. The van der Waals surface area contributed by atoms with Crippen LogP contribution < -0.4 is 5.32 Å². The minimum absolute atomic E-state index is 0.374. The van der Waals surface area contributed by atoms with Crippen molar-refractivity contribution < 1.29 is 5.11 Å². The van der Waals surface area contributed by atoms with Crippen LogP contribution in [0, 0.1) is 5.92 Å². The maximum Gasteiger partial charge on any atom is 0.0771 e. The van der Waals surface area contributed by atoms with Crippen LogP contribution in [0.5, 0.6) is 0 Å². The molecule has 0 amide bonds. The van der Waals surface area contributed by atoms with Crippen molar-refractivity contribution in [2.24, 2.45) is 5.92 Å². The van der Waals surface area contributed by atoms with E-state index < -0.39 is 0 Å². The third-order valence-corrected chi connectivity index (χ3v) is 3.59. The number of hydrogen-bond donors (Lipinski definition) is 2. The van der Waals surface area contributed by atoms with Gasteiger partial charge in [0.1, 0.15) is 0 Å². The number of nitrogens with one attached hydrogen (secondary N) is 1. The molecule has 2 N–H and O–H groups in total. The lowest BCUT2D eigenvalue weighted by atomic mass is 9.85. The van der Waals surface area contributed by atoms with Gasteiger partial charge >= 0.3 is 0 Å². The fourth-order valence-corrected chi connectivity index (χ4v) is 2.31. The smallest absolute Gasteiger partial charge is 0.0771 e. The van der Waals surface area contributed by atoms with Gasteiger partial charge in [0.25, 0.3) is 0 Å². The van der Waals surface area contributed by atoms with Crippen LogP contribution in [0.25, 0.3) is 0 Å². The number of rotatable bonds is 3. The van der Waals surface area contributed by atoms with Crippen LogP contribution >= 0.6 is 0 Å². The van der Waals surface area contributed by atoms with E-state index in [1.165, 1.54) is 25.7 Å². The highest BCUT2D eigenvalue weighted by Crippen LogP contribution is 2.32. The SMILES string of the molecule is C[C@@H]1C[C@H]1NCC1(O)CCCCC1. The monoisotopic (exact) mass is 183 g/mol. The zero-order valence-electron chi connectivity index (χ0n) is 8.55. The third-order valence-electron chi connectivity index (χ3n) is 3.59. The summed E-state index contributed by atoms with van der Waals surface area (Å²) in [6.07, 6.45) is 7.03. The molecular weight excluding hydrogens is 162 g/mol. The molecule has 0 heterocycles. The number of hydrogen-bond acceptors (Lipinski definition) is 2. The first kappa shape index (κ1) is 9.47. The predicted molar refractivity (Wildman–Crippen MR) is 53.6 cm³/mol. The summed E-state index contributed by atoms with van der Waals surface area (Å²) in [6.45, 7) is 3.09. The van der Waals surface area contributed by atoms with Crippen molar-refractivity contribution in [3.8, 4) is 0 Å². The van der Waals surface area contributed by atoms with Gasteiger partial charge in [-0.2, -0.15) is 0 Å². The van der Waals surface area contributed by atoms with Crippen molar-refractivity contribution in [3.63, 3.8) is 0 Å². The van der Waals surface area contributed by atoms with E-state index in [9.17, 15) is 5.11 Å². The molecule has 76 valence electrons. The lowest BCUT2D eigenvalue weighted by molar-refractivity contribution is 0.00441. The molecule has 2 saturated carbocycles. The van der Waals surface area contributed by atoms with Crippen LogP contribution in [0.4, 0.5) is 0 Å². The predicted octanol–water partition coefficient (Wildman–Crippen LogP) is 1.68. The summed E-state index contributed by atoms with van der Waals surface area (Å²) in [4.78, 5) is 0. The van der Waals surface area contributed by atoms with Gasteiger partial charge in [-0.05, 0) is 25.2 Å². The summed E-state index contributed by atoms with van der Waals surface area (Å²) in [6, 6.07) is 0.700. The largest absolute Gasteiger partial charge is 0.389 e. The van der Waals surface area contributed by atoms with Crippen LogP contribution in [-0.2, 0) is 0 Å².